The van der Waals surface area contributed by atoms with E-state index in [2.05, 4.69) is 0 Å². The number of imide groups is 1. The van der Waals surface area contributed by atoms with Crippen LogP contribution in [0.5, 0.6) is 17.2 Å². The molecular weight excluding hydrogens is 518 g/mol. The number of benzene rings is 4. The highest BCUT2D eigenvalue weighted by molar-refractivity contribution is 6.25. The molecule has 0 spiro atoms. The molecule has 7 heteroatoms. The maximum absolute atomic E-state index is 14.2. The Kier molecular flexibility index (Phi) is 5.89. The molecule has 204 valence electrons. The number of carbonyl (C=O) groups is 3. The quantitative estimate of drug-likeness (QED) is 0.180. The van der Waals surface area contributed by atoms with E-state index in [0.29, 0.717) is 29.5 Å². The van der Waals surface area contributed by atoms with Crippen LogP contribution in [-0.2, 0) is 14.4 Å². The Morgan fingerprint density at radius 3 is 2.24 bits per heavy atom. The van der Waals surface area contributed by atoms with Gasteiger partial charge in [0.15, 0.2) is 0 Å². The zero-order chi connectivity index (χ0) is 28.2. The lowest BCUT2D eigenvalue weighted by molar-refractivity contribution is -0.142. The molecule has 0 bridgehead atoms. The van der Waals surface area contributed by atoms with Gasteiger partial charge in [-0.05, 0) is 71.3 Å². The molecule has 0 radical (unpaired) electrons. The van der Waals surface area contributed by atoms with Crippen LogP contribution >= 0.6 is 0 Å². The van der Waals surface area contributed by atoms with E-state index in [0.717, 1.165) is 27.5 Å². The van der Waals surface area contributed by atoms with Crippen molar-refractivity contribution in [2.24, 2.45) is 17.8 Å². The van der Waals surface area contributed by atoms with Crippen molar-refractivity contribution in [2.45, 2.75) is 12.8 Å². The van der Waals surface area contributed by atoms with Crippen molar-refractivity contribution in [2.75, 3.05) is 18.6 Å². The minimum absolute atomic E-state index is 0.336. The second kappa shape index (κ2) is 9.63. The van der Waals surface area contributed by atoms with E-state index in [4.69, 9.17) is 14.2 Å². The number of rotatable bonds is 5. The SMILES string of the molecule is CCOc1ccc(N2C(=O)[C@@H]3[C@@H]4C(=O)Oc5ccc6ccccc6c5C4=C[C@@H](c4ccc(OC)cc4)[C@@H]3C2=O)cc1. The molecule has 0 unspecified atom stereocenters. The van der Waals surface area contributed by atoms with Crippen LogP contribution in [0, 0.1) is 17.8 Å². The molecule has 0 N–H and O–H groups in total. The van der Waals surface area contributed by atoms with Crippen LogP contribution in [0.15, 0.2) is 91.0 Å². The molecule has 0 aromatic heterocycles. The molecule has 2 aliphatic heterocycles. The van der Waals surface area contributed by atoms with E-state index >= 15 is 0 Å². The van der Waals surface area contributed by atoms with Crippen LogP contribution in [0.3, 0.4) is 0 Å². The van der Waals surface area contributed by atoms with Gasteiger partial charge in [-0.3, -0.25) is 14.4 Å². The molecule has 1 saturated heterocycles. The van der Waals surface area contributed by atoms with Crippen LogP contribution in [-0.4, -0.2) is 31.5 Å². The van der Waals surface area contributed by atoms with Gasteiger partial charge in [-0.15, -0.1) is 0 Å². The summed E-state index contributed by atoms with van der Waals surface area (Å²) in [5.41, 5.74) is 2.83. The Morgan fingerprint density at radius 2 is 1.51 bits per heavy atom. The van der Waals surface area contributed by atoms with E-state index in [1.165, 1.54) is 4.90 Å². The highest BCUT2D eigenvalue weighted by Crippen LogP contribution is 2.55. The second-order valence-corrected chi connectivity index (χ2v) is 10.5. The molecule has 7 rings (SSSR count). The number of methoxy groups -OCH3 is 1. The lowest BCUT2D eigenvalue weighted by Crippen LogP contribution is -2.42. The number of ether oxygens (including phenoxy) is 3. The van der Waals surface area contributed by atoms with Gasteiger partial charge in [0.05, 0.1) is 37.2 Å². The monoisotopic (exact) mass is 545 g/mol. The van der Waals surface area contributed by atoms with E-state index in [9.17, 15) is 14.4 Å². The van der Waals surface area contributed by atoms with Crippen molar-refractivity contribution in [3.05, 3.63) is 102 Å². The number of nitrogens with zero attached hydrogens (tertiary/aromatic N) is 1. The summed E-state index contributed by atoms with van der Waals surface area (Å²) in [6.07, 6.45) is 2.01. The van der Waals surface area contributed by atoms with E-state index in [-0.39, 0.29) is 5.91 Å². The lowest BCUT2D eigenvalue weighted by Gasteiger charge is -2.38. The molecule has 2 heterocycles. The number of esters is 1. The van der Waals surface area contributed by atoms with Gasteiger partial charge < -0.3 is 14.2 Å². The Morgan fingerprint density at radius 1 is 0.805 bits per heavy atom. The molecule has 0 saturated carbocycles. The summed E-state index contributed by atoms with van der Waals surface area (Å²) in [6.45, 7) is 2.39. The van der Waals surface area contributed by atoms with Crippen molar-refractivity contribution >= 4 is 39.8 Å². The van der Waals surface area contributed by atoms with Crippen molar-refractivity contribution < 1.29 is 28.6 Å². The van der Waals surface area contributed by atoms with Crippen molar-refractivity contribution in [1.29, 1.82) is 0 Å². The van der Waals surface area contributed by atoms with Crippen molar-refractivity contribution in [1.82, 2.24) is 0 Å². The zero-order valence-corrected chi connectivity index (χ0v) is 22.6. The molecule has 4 aromatic carbocycles. The number of hydrogen-bond acceptors (Lipinski definition) is 6. The fourth-order valence-electron chi connectivity index (χ4n) is 6.60. The fourth-order valence-corrected chi connectivity index (χ4v) is 6.60. The first-order valence-corrected chi connectivity index (χ1v) is 13.7. The van der Waals surface area contributed by atoms with Gasteiger partial charge >= 0.3 is 5.97 Å². The third-order valence-electron chi connectivity index (χ3n) is 8.39. The predicted octanol–water partition coefficient (Wildman–Crippen LogP) is 5.77. The van der Waals surface area contributed by atoms with Crippen LogP contribution < -0.4 is 19.1 Å². The highest BCUT2D eigenvalue weighted by atomic mass is 16.5. The summed E-state index contributed by atoms with van der Waals surface area (Å²) in [4.78, 5) is 43.3. The first-order valence-electron chi connectivity index (χ1n) is 13.7. The number of hydrogen-bond donors (Lipinski definition) is 0. The number of amides is 2. The van der Waals surface area contributed by atoms with Gasteiger partial charge in [-0.25, -0.2) is 4.90 Å². The normalized spacial score (nSPS) is 22.9. The average Bonchev–Trinajstić information content (AvgIpc) is 3.26. The molecular formula is C34H27NO6. The maximum Gasteiger partial charge on any atom is 0.319 e. The lowest BCUT2D eigenvalue weighted by atomic mass is 9.64. The first-order chi connectivity index (χ1) is 20.0. The predicted molar refractivity (Wildman–Crippen MR) is 154 cm³/mol. The molecule has 4 aromatic rings. The third-order valence-corrected chi connectivity index (χ3v) is 8.39. The van der Waals surface area contributed by atoms with Crippen LogP contribution in [0.4, 0.5) is 5.69 Å². The molecule has 7 nitrogen and oxygen atoms in total. The molecule has 1 fully saturated rings. The summed E-state index contributed by atoms with van der Waals surface area (Å²) < 4.78 is 16.8. The van der Waals surface area contributed by atoms with Gasteiger partial charge in [0.25, 0.3) is 0 Å². The molecule has 1 aliphatic carbocycles. The summed E-state index contributed by atoms with van der Waals surface area (Å²) in [5.74, 6) is -2.51. The topological polar surface area (TPSA) is 82.1 Å². The number of carbonyl (C=O) groups excluding carboxylic acids is 3. The zero-order valence-electron chi connectivity index (χ0n) is 22.6. The average molecular weight is 546 g/mol. The van der Waals surface area contributed by atoms with Crippen molar-refractivity contribution in [3.8, 4) is 17.2 Å². The largest absolute Gasteiger partial charge is 0.497 e. The Hall–Kier alpha value is -4.91. The minimum atomic E-state index is -0.916. The molecule has 3 aliphatic rings. The van der Waals surface area contributed by atoms with E-state index < -0.39 is 35.5 Å². The first kappa shape index (κ1) is 25.1. The van der Waals surface area contributed by atoms with Gasteiger partial charge in [0.2, 0.25) is 11.8 Å². The second-order valence-electron chi connectivity index (χ2n) is 10.5. The number of fused-ring (bicyclic) bond motifs is 7. The summed E-state index contributed by atoms with van der Waals surface area (Å²) in [6, 6.07) is 26.0. The Labute approximate surface area is 236 Å². The van der Waals surface area contributed by atoms with Gasteiger partial charge in [0, 0.05) is 11.5 Å². The summed E-state index contributed by atoms with van der Waals surface area (Å²) >= 11 is 0. The van der Waals surface area contributed by atoms with Crippen LogP contribution in [0.1, 0.15) is 24.0 Å². The number of anilines is 1. The number of allylic oxidation sites excluding steroid dienone is 1. The van der Waals surface area contributed by atoms with Crippen molar-refractivity contribution in [3.63, 3.8) is 0 Å². The molecule has 41 heavy (non-hydrogen) atoms. The molecule has 2 amide bonds. The smallest absolute Gasteiger partial charge is 0.319 e. The van der Waals surface area contributed by atoms with E-state index in [1.54, 1.807) is 37.4 Å². The molecule has 4 atom stereocenters. The maximum atomic E-state index is 14.2. The summed E-state index contributed by atoms with van der Waals surface area (Å²) in [5, 5.41) is 1.93. The highest BCUT2D eigenvalue weighted by Gasteiger charge is 2.60. The van der Waals surface area contributed by atoms with Crippen LogP contribution in [0.2, 0.25) is 0 Å². The third kappa shape index (κ3) is 3.84. The Balaban J connectivity index is 1.42. The van der Waals surface area contributed by atoms with Gasteiger partial charge in [-0.2, -0.15) is 0 Å². The summed E-state index contributed by atoms with van der Waals surface area (Å²) in [7, 11) is 1.60. The van der Waals surface area contributed by atoms with Crippen LogP contribution in [0.25, 0.3) is 16.3 Å². The Bertz CT molecular complexity index is 1740. The van der Waals surface area contributed by atoms with Gasteiger partial charge in [0.1, 0.15) is 17.2 Å². The standard InChI is InChI=1S/C34H27NO6/c1-3-40-23-15-11-21(12-16-23)35-32(36)29-25(20-8-13-22(39-2)14-9-20)18-26-28-24-7-5-4-6-19(24)10-17-27(28)41-34(38)30(26)31(29)33(35)37/h4-18,25,29-31H,3H2,1-2H3/t25-,29-,30+,31-/m0/s1. The van der Waals surface area contributed by atoms with Gasteiger partial charge in [-0.1, -0.05) is 48.5 Å². The van der Waals surface area contributed by atoms with E-state index in [1.807, 2.05) is 67.6 Å². The minimum Gasteiger partial charge on any atom is -0.497 e. The fraction of sp³-hybridized carbons (Fsp3) is 0.206.